The molecule has 0 saturated carbocycles. The van der Waals surface area contributed by atoms with Gasteiger partial charge in [0.25, 0.3) is 5.69 Å². The molecule has 3 rings (SSSR count). The number of rotatable bonds is 6. The first-order valence-corrected chi connectivity index (χ1v) is 7.85. The standard InChI is InChI=1S/C18H14ClN3O3/c19-14-7-5-13(6-8-14)11-20-21-12-15-9-10-18(25-15)16-3-1-2-4-17(16)22(23)24/h1-10,12,20H,11H2/b21-12-. The molecule has 6 nitrogen and oxygen atoms in total. The molecule has 0 atom stereocenters. The van der Waals surface area contributed by atoms with Crippen LogP contribution in [0.1, 0.15) is 11.3 Å². The molecule has 0 fully saturated rings. The fraction of sp³-hybridized carbons (Fsp3) is 0.0556. The van der Waals surface area contributed by atoms with E-state index in [1.165, 1.54) is 12.3 Å². The zero-order valence-electron chi connectivity index (χ0n) is 13.1. The van der Waals surface area contributed by atoms with Crippen LogP contribution < -0.4 is 5.43 Å². The molecular formula is C18H14ClN3O3. The molecular weight excluding hydrogens is 342 g/mol. The molecule has 7 heteroatoms. The normalized spacial score (nSPS) is 10.9. The van der Waals surface area contributed by atoms with Gasteiger partial charge in [-0.25, -0.2) is 0 Å². The number of nitro benzene ring substituents is 1. The van der Waals surface area contributed by atoms with Gasteiger partial charge in [-0.1, -0.05) is 35.9 Å². The number of hydrazone groups is 1. The van der Waals surface area contributed by atoms with Gasteiger partial charge in [-0.2, -0.15) is 5.10 Å². The highest BCUT2D eigenvalue weighted by molar-refractivity contribution is 6.30. The van der Waals surface area contributed by atoms with E-state index >= 15 is 0 Å². The molecule has 0 saturated heterocycles. The maximum atomic E-state index is 11.1. The summed E-state index contributed by atoms with van der Waals surface area (Å²) in [6.07, 6.45) is 1.52. The van der Waals surface area contributed by atoms with E-state index in [0.717, 1.165) is 5.56 Å². The van der Waals surface area contributed by atoms with Crippen LogP contribution in [0.5, 0.6) is 0 Å². The van der Waals surface area contributed by atoms with Gasteiger partial charge in [0.1, 0.15) is 11.5 Å². The molecule has 0 unspecified atom stereocenters. The molecule has 126 valence electrons. The van der Waals surface area contributed by atoms with Gasteiger partial charge in [0.2, 0.25) is 0 Å². The number of halogens is 1. The zero-order chi connectivity index (χ0) is 17.6. The van der Waals surface area contributed by atoms with Crippen molar-refractivity contribution in [2.45, 2.75) is 6.54 Å². The van der Waals surface area contributed by atoms with E-state index in [4.69, 9.17) is 16.0 Å². The van der Waals surface area contributed by atoms with E-state index in [-0.39, 0.29) is 5.69 Å². The fourth-order valence-electron chi connectivity index (χ4n) is 2.26. The molecule has 0 bridgehead atoms. The number of nitrogens with zero attached hydrogens (tertiary/aromatic N) is 2. The van der Waals surface area contributed by atoms with Crippen LogP contribution in [0.3, 0.4) is 0 Å². The first kappa shape index (κ1) is 16.7. The van der Waals surface area contributed by atoms with E-state index in [1.54, 1.807) is 30.3 Å². The second-order valence-electron chi connectivity index (χ2n) is 5.20. The van der Waals surface area contributed by atoms with Gasteiger partial charge >= 0.3 is 0 Å². The topological polar surface area (TPSA) is 80.7 Å². The van der Waals surface area contributed by atoms with E-state index in [0.29, 0.717) is 28.7 Å². The zero-order valence-corrected chi connectivity index (χ0v) is 13.8. The fourth-order valence-corrected chi connectivity index (χ4v) is 2.38. The Morgan fingerprint density at radius 3 is 2.64 bits per heavy atom. The summed E-state index contributed by atoms with van der Waals surface area (Å²) in [6.45, 7) is 0.547. The molecule has 1 N–H and O–H groups in total. The Labute approximate surface area is 148 Å². The minimum absolute atomic E-state index is 0.00111. The Morgan fingerprint density at radius 2 is 1.88 bits per heavy atom. The third-order valence-electron chi connectivity index (χ3n) is 3.47. The van der Waals surface area contributed by atoms with Gasteiger partial charge in [0, 0.05) is 11.1 Å². The number of para-hydroxylation sites is 1. The van der Waals surface area contributed by atoms with Crippen molar-refractivity contribution in [3.05, 3.63) is 87.1 Å². The lowest BCUT2D eigenvalue weighted by molar-refractivity contribution is -0.384. The summed E-state index contributed by atoms with van der Waals surface area (Å²) in [6, 6.07) is 17.3. The predicted octanol–water partition coefficient (Wildman–Crippen LogP) is 4.63. The lowest BCUT2D eigenvalue weighted by atomic mass is 10.1. The van der Waals surface area contributed by atoms with Crippen molar-refractivity contribution in [3.63, 3.8) is 0 Å². The number of hydrogen-bond acceptors (Lipinski definition) is 5. The maximum absolute atomic E-state index is 11.1. The quantitative estimate of drug-likeness (QED) is 0.397. The van der Waals surface area contributed by atoms with Gasteiger partial charge in [-0.3, -0.25) is 10.1 Å². The van der Waals surface area contributed by atoms with E-state index in [1.807, 2.05) is 24.3 Å². The monoisotopic (exact) mass is 355 g/mol. The van der Waals surface area contributed by atoms with Crippen LogP contribution in [-0.2, 0) is 6.54 Å². The summed E-state index contributed by atoms with van der Waals surface area (Å²) in [4.78, 5) is 10.7. The van der Waals surface area contributed by atoms with Crippen molar-refractivity contribution in [2.75, 3.05) is 0 Å². The first-order chi connectivity index (χ1) is 12.1. The van der Waals surface area contributed by atoms with Crippen LogP contribution in [-0.4, -0.2) is 11.1 Å². The predicted molar refractivity (Wildman–Crippen MR) is 96.7 cm³/mol. The molecule has 0 spiro atoms. The van der Waals surface area contributed by atoms with E-state index in [9.17, 15) is 10.1 Å². The van der Waals surface area contributed by atoms with Crippen molar-refractivity contribution in [1.82, 2.24) is 5.43 Å². The van der Waals surface area contributed by atoms with Gasteiger partial charge in [-0.15, -0.1) is 0 Å². The summed E-state index contributed by atoms with van der Waals surface area (Å²) < 4.78 is 5.62. The lowest BCUT2D eigenvalue weighted by Gasteiger charge is -2.00. The Balaban J connectivity index is 1.66. The van der Waals surface area contributed by atoms with Crippen LogP contribution in [0.4, 0.5) is 5.69 Å². The second-order valence-corrected chi connectivity index (χ2v) is 5.63. The Bertz CT molecular complexity index is 904. The number of hydrogen-bond donors (Lipinski definition) is 1. The third kappa shape index (κ3) is 4.24. The second kappa shape index (κ2) is 7.63. The van der Waals surface area contributed by atoms with Crippen molar-refractivity contribution in [3.8, 4) is 11.3 Å². The summed E-state index contributed by atoms with van der Waals surface area (Å²) in [7, 11) is 0. The summed E-state index contributed by atoms with van der Waals surface area (Å²) in [5.74, 6) is 0.920. The molecule has 0 aliphatic heterocycles. The summed E-state index contributed by atoms with van der Waals surface area (Å²) in [5, 5.41) is 15.9. The van der Waals surface area contributed by atoms with Crippen LogP contribution in [0.25, 0.3) is 11.3 Å². The number of nitro groups is 1. The minimum Gasteiger partial charge on any atom is -0.455 e. The highest BCUT2D eigenvalue weighted by Crippen LogP contribution is 2.30. The van der Waals surface area contributed by atoms with Gasteiger partial charge in [-0.05, 0) is 35.9 Å². The number of benzene rings is 2. The summed E-state index contributed by atoms with van der Waals surface area (Å²) in [5.41, 5.74) is 4.38. The van der Waals surface area contributed by atoms with Gasteiger partial charge < -0.3 is 9.84 Å². The molecule has 3 aromatic rings. The maximum Gasteiger partial charge on any atom is 0.280 e. The lowest BCUT2D eigenvalue weighted by Crippen LogP contribution is -2.05. The first-order valence-electron chi connectivity index (χ1n) is 7.47. The Kier molecular flexibility index (Phi) is 5.11. The SMILES string of the molecule is O=[N+]([O-])c1ccccc1-c1ccc(/C=N\NCc2ccc(Cl)cc2)o1. The number of furan rings is 1. The molecule has 0 aliphatic carbocycles. The van der Waals surface area contributed by atoms with E-state index in [2.05, 4.69) is 10.5 Å². The van der Waals surface area contributed by atoms with Gasteiger partial charge in [0.05, 0.1) is 23.2 Å². The molecule has 25 heavy (non-hydrogen) atoms. The van der Waals surface area contributed by atoms with Crippen LogP contribution in [0, 0.1) is 10.1 Å². The van der Waals surface area contributed by atoms with Crippen molar-refractivity contribution < 1.29 is 9.34 Å². The van der Waals surface area contributed by atoms with Crippen LogP contribution >= 0.6 is 11.6 Å². The van der Waals surface area contributed by atoms with Crippen molar-refractivity contribution in [2.24, 2.45) is 5.10 Å². The van der Waals surface area contributed by atoms with Crippen LogP contribution in [0.2, 0.25) is 5.02 Å². The summed E-state index contributed by atoms with van der Waals surface area (Å²) >= 11 is 5.83. The molecule has 1 heterocycles. The molecule has 0 amide bonds. The molecule has 2 aromatic carbocycles. The molecule has 1 aromatic heterocycles. The Hall–Kier alpha value is -3.12. The van der Waals surface area contributed by atoms with E-state index < -0.39 is 4.92 Å². The molecule has 0 aliphatic rings. The third-order valence-corrected chi connectivity index (χ3v) is 3.72. The highest BCUT2D eigenvalue weighted by atomic mass is 35.5. The largest absolute Gasteiger partial charge is 0.455 e. The minimum atomic E-state index is -0.431. The average Bonchev–Trinajstić information content (AvgIpc) is 3.09. The average molecular weight is 356 g/mol. The highest BCUT2D eigenvalue weighted by Gasteiger charge is 2.16. The molecule has 0 radical (unpaired) electrons. The van der Waals surface area contributed by atoms with Crippen LogP contribution in [0.15, 0.2) is 70.2 Å². The van der Waals surface area contributed by atoms with Crippen molar-refractivity contribution >= 4 is 23.5 Å². The Morgan fingerprint density at radius 1 is 1.12 bits per heavy atom. The number of nitrogens with one attached hydrogen (secondary N) is 1. The van der Waals surface area contributed by atoms with Gasteiger partial charge in [0.15, 0.2) is 0 Å². The smallest absolute Gasteiger partial charge is 0.280 e. The van der Waals surface area contributed by atoms with Crippen molar-refractivity contribution in [1.29, 1.82) is 0 Å².